The SMILES string of the molecule is OCCn1nnc(Cc2cccc(Br)n2)n1. The zero-order valence-corrected chi connectivity index (χ0v) is 10.0. The molecule has 16 heavy (non-hydrogen) atoms. The van der Waals surface area contributed by atoms with E-state index in [1.807, 2.05) is 18.2 Å². The first kappa shape index (κ1) is 11.2. The van der Waals surface area contributed by atoms with Gasteiger partial charge in [0.15, 0.2) is 5.82 Å². The average Bonchev–Trinajstić information content (AvgIpc) is 2.66. The van der Waals surface area contributed by atoms with Gasteiger partial charge in [0.1, 0.15) is 4.60 Å². The second kappa shape index (κ2) is 5.13. The highest BCUT2D eigenvalue weighted by atomic mass is 79.9. The van der Waals surface area contributed by atoms with Crippen LogP contribution in [0.1, 0.15) is 11.5 Å². The lowest BCUT2D eigenvalue weighted by Gasteiger charge is -1.96. The molecule has 0 atom stereocenters. The summed E-state index contributed by atoms with van der Waals surface area (Å²) in [6.07, 6.45) is 0.533. The quantitative estimate of drug-likeness (QED) is 0.823. The van der Waals surface area contributed by atoms with Gasteiger partial charge in [0.25, 0.3) is 0 Å². The van der Waals surface area contributed by atoms with E-state index in [0.29, 0.717) is 18.8 Å². The molecule has 0 aliphatic carbocycles. The Bertz CT molecular complexity index is 472. The monoisotopic (exact) mass is 283 g/mol. The molecule has 0 aliphatic heterocycles. The molecule has 0 amide bonds. The number of nitrogens with zero attached hydrogens (tertiary/aromatic N) is 5. The molecule has 2 rings (SSSR count). The van der Waals surface area contributed by atoms with Gasteiger partial charge < -0.3 is 5.11 Å². The van der Waals surface area contributed by atoms with E-state index in [0.717, 1.165) is 10.3 Å². The van der Waals surface area contributed by atoms with Gasteiger partial charge in [0, 0.05) is 5.69 Å². The summed E-state index contributed by atoms with van der Waals surface area (Å²) in [5, 5.41) is 20.5. The van der Waals surface area contributed by atoms with Gasteiger partial charge >= 0.3 is 0 Å². The summed E-state index contributed by atoms with van der Waals surface area (Å²) < 4.78 is 0.785. The summed E-state index contributed by atoms with van der Waals surface area (Å²) >= 11 is 3.30. The van der Waals surface area contributed by atoms with Gasteiger partial charge in [-0.1, -0.05) is 6.07 Å². The Morgan fingerprint density at radius 3 is 3.00 bits per heavy atom. The Morgan fingerprint density at radius 2 is 2.25 bits per heavy atom. The lowest BCUT2D eigenvalue weighted by molar-refractivity contribution is 0.259. The fourth-order valence-electron chi connectivity index (χ4n) is 1.24. The van der Waals surface area contributed by atoms with E-state index in [-0.39, 0.29) is 6.61 Å². The third-order valence-corrected chi connectivity index (χ3v) is 2.35. The van der Waals surface area contributed by atoms with E-state index in [2.05, 4.69) is 36.3 Å². The van der Waals surface area contributed by atoms with E-state index in [9.17, 15) is 0 Å². The van der Waals surface area contributed by atoms with E-state index in [1.54, 1.807) is 0 Å². The van der Waals surface area contributed by atoms with Crippen LogP contribution >= 0.6 is 15.9 Å². The molecule has 6 nitrogen and oxygen atoms in total. The van der Waals surface area contributed by atoms with Crippen molar-refractivity contribution in [3.8, 4) is 0 Å². The first-order valence-electron chi connectivity index (χ1n) is 4.77. The van der Waals surface area contributed by atoms with Crippen molar-refractivity contribution in [1.29, 1.82) is 0 Å². The van der Waals surface area contributed by atoms with Crippen LogP contribution in [-0.4, -0.2) is 36.9 Å². The summed E-state index contributed by atoms with van der Waals surface area (Å²) in [5.41, 5.74) is 0.873. The maximum atomic E-state index is 8.71. The highest BCUT2D eigenvalue weighted by Crippen LogP contribution is 2.08. The van der Waals surface area contributed by atoms with E-state index in [1.165, 1.54) is 4.80 Å². The van der Waals surface area contributed by atoms with Gasteiger partial charge in [-0.2, -0.15) is 4.80 Å². The molecule has 1 N–H and O–H groups in total. The van der Waals surface area contributed by atoms with Gasteiger partial charge in [0.2, 0.25) is 0 Å². The Morgan fingerprint density at radius 1 is 1.38 bits per heavy atom. The zero-order chi connectivity index (χ0) is 11.4. The number of halogens is 1. The molecule has 2 aromatic heterocycles. The van der Waals surface area contributed by atoms with E-state index in [4.69, 9.17) is 5.11 Å². The molecular formula is C9H10BrN5O. The third-order valence-electron chi connectivity index (χ3n) is 1.91. The molecule has 84 valence electrons. The first-order chi connectivity index (χ1) is 7.78. The van der Waals surface area contributed by atoms with Crippen molar-refractivity contribution >= 4 is 15.9 Å². The van der Waals surface area contributed by atoms with Gasteiger partial charge in [-0.15, -0.1) is 10.2 Å². The van der Waals surface area contributed by atoms with Crippen LogP contribution in [0.4, 0.5) is 0 Å². The lowest BCUT2D eigenvalue weighted by atomic mass is 10.3. The van der Waals surface area contributed by atoms with Crippen LogP contribution in [-0.2, 0) is 13.0 Å². The number of pyridine rings is 1. The van der Waals surface area contributed by atoms with Crippen molar-refractivity contribution in [2.24, 2.45) is 0 Å². The van der Waals surface area contributed by atoms with Crippen LogP contribution in [0.3, 0.4) is 0 Å². The number of aliphatic hydroxyl groups excluding tert-OH is 1. The van der Waals surface area contributed by atoms with Gasteiger partial charge in [-0.05, 0) is 33.3 Å². The lowest BCUT2D eigenvalue weighted by Crippen LogP contribution is -2.06. The van der Waals surface area contributed by atoms with Crippen molar-refractivity contribution in [2.45, 2.75) is 13.0 Å². The molecule has 0 fully saturated rings. The minimum absolute atomic E-state index is 0.00490. The molecule has 0 bridgehead atoms. The number of hydrogen-bond donors (Lipinski definition) is 1. The van der Waals surface area contributed by atoms with Crippen LogP contribution in [0.15, 0.2) is 22.8 Å². The van der Waals surface area contributed by atoms with E-state index >= 15 is 0 Å². The standard InChI is InChI=1S/C9H10BrN5O/c10-8-3-1-2-7(11-8)6-9-12-14-15(13-9)4-5-16/h1-3,16H,4-6H2. The van der Waals surface area contributed by atoms with Crippen molar-refractivity contribution in [1.82, 2.24) is 25.2 Å². The van der Waals surface area contributed by atoms with Crippen molar-refractivity contribution in [3.63, 3.8) is 0 Å². The molecule has 2 heterocycles. The molecule has 0 saturated heterocycles. The van der Waals surface area contributed by atoms with Crippen LogP contribution in [0, 0.1) is 0 Å². The number of tetrazole rings is 1. The fraction of sp³-hybridized carbons (Fsp3) is 0.333. The molecule has 0 saturated carbocycles. The molecule has 0 aliphatic rings. The van der Waals surface area contributed by atoms with Crippen LogP contribution in [0.5, 0.6) is 0 Å². The van der Waals surface area contributed by atoms with Crippen LogP contribution < -0.4 is 0 Å². The van der Waals surface area contributed by atoms with Crippen molar-refractivity contribution in [2.75, 3.05) is 6.61 Å². The zero-order valence-electron chi connectivity index (χ0n) is 8.41. The Balaban J connectivity index is 2.08. The van der Waals surface area contributed by atoms with Crippen molar-refractivity contribution in [3.05, 3.63) is 34.3 Å². The van der Waals surface area contributed by atoms with Gasteiger partial charge in [-0.3, -0.25) is 0 Å². The maximum absolute atomic E-state index is 8.71. The summed E-state index contributed by atoms with van der Waals surface area (Å²) in [6.45, 7) is 0.365. The molecule has 0 spiro atoms. The van der Waals surface area contributed by atoms with E-state index < -0.39 is 0 Å². The Labute approximate surface area is 100 Å². The highest BCUT2D eigenvalue weighted by molar-refractivity contribution is 9.10. The largest absolute Gasteiger partial charge is 0.394 e. The number of aliphatic hydroxyl groups is 1. The fourth-order valence-corrected chi connectivity index (χ4v) is 1.62. The molecule has 2 aromatic rings. The summed E-state index contributed by atoms with van der Waals surface area (Å²) in [4.78, 5) is 5.64. The summed E-state index contributed by atoms with van der Waals surface area (Å²) in [5.74, 6) is 0.596. The normalized spacial score (nSPS) is 10.6. The smallest absolute Gasteiger partial charge is 0.180 e. The molecule has 0 unspecified atom stereocenters. The predicted octanol–water partition coefficient (Wildman–Crippen LogP) is 0.414. The minimum Gasteiger partial charge on any atom is -0.394 e. The average molecular weight is 284 g/mol. The minimum atomic E-state index is 0.00490. The number of hydrogen-bond acceptors (Lipinski definition) is 5. The second-order valence-electron chi connectivity index (χ2n) is 3.15. The number of rotatable bonds is 4. The first-order valence-corrected chi connectivity index (χ1v) is 5.56. The van der Waals surface area contributed by atoms with Crippen LogP contribution in [0.2, 0.25) is 0 Å². The molecule has 0 aromatic carbocycles. The number of aromatic nitrogens is 5. The summed E-state index contributed by atoms with van der Waals surface area (Å²) in [7, 11) is 0. The van der Waals surface area contributed by atoms with Crippen LogP contribution in [0.25, 0.3) is 0 Å². The Hall–Kier alpha value is -1.34. The summed E-state index contributed by atoms with van der Waals surface area (Å²) in [6, 6.07) is 5.67. The third kappa shape index (κ3) is 2.83. The van der Waals surface area contributed by atoms with Gasteiger partial charge in [0.05, 0.1) is 19.6 Å². The molecule has 7 heteroatoms. The maximum Gasteiger partial charge on any atom is 0.180 e. The van der Waals surface area contributed by atoms with Gasteiger partial charge in [-0.25, -0.2) is 4.98 Å². The predicted molar refractivity (Wildman–Crippen MR) is 59.6 cm³/mol. The Kier molecular flexibility index (Phi) is 3.58. The molecular weight excluding hydrogens is 274 g/mol. The second-order valence-corrected chi connectivity index (χ2v) is 3.97. The topological polar surface area (TPSA) is 76.7 Å². The highest BCUT2D eigenvalue weighted by Gasteiger charge is 2.05. The molecule has 0 radical (unpaired) electrons. The van der Waals surface area contributed by atoms with Crippen molar-refractivity contribution < 1.29 is 5.11 Å².